The van der Waals surface area contributed by atoms with E-state index in [0.29, 0.717) is 35.7 Å². The monoisotopic (exact) mass is 810 g/mol. The molecule has 5 N–H and O–H groups in total. The van der Waals surface area contributed by atoms with Crippen LogP contribution >= 0.6 is 0 Å². The molecule has 4 amide bonds. The molecule has 312 valence electrons. The standard InChI is InChI=1S/C46H54N10O4/c47-42-41-40(31-18-20-32(21-19-31)44(58)51-38-17-8-10-25-49-38)53-43(55(41)29-26-50-42)36-16-13-28-54(36)27-11-7-5-3-1-2-4-6-9-24-48-35-15-12-14-33-34(35)30-56(46(33)60)37-22-23-39(57)52-45(37)59/h8,10,12,14-15,17-21,25-26,29,36-37,48H,1-7,9,11,13,16,22-24,27-28,30H2,(H2,47,50)(H,49,51,58)(H,52,57,59)/t36-,37?/m0/s1. The Morgan fingerprint density at radius 3 is 2.38 bits per heavy atom. The van der Waals surface area contributed by atoms with Crippen LogP contribution in [0.15, 0.2) is 79.3 Å². The van der Waals surface area contributed by atoms with Crippen molar-refractivity contribution in [3.63, 3.8) is 0 Å². The van der Waals surface area contributed by atoms with Crippen molar-refractivity contribution in [2.24, 2.45) is 0 Å². The molecule has 0 aliphatic carbocycles. The van der Waals surface area contributed by atoms with Gasteiger partial charge in [0.15, 0.2) is 0 Å². The maximum Gasteiger partial charge on any atom is 0.256 e. The second kappa shape index (κ2) is 18.8. The number of hydrogen-bond acceptors (Lipinski definition) is 10. The van der Waals surface area contributed by atoms with Gasteiger partial charge in [0, 0.05) is 66.0 Å². The largest absolute Gasteiger partial charge is 0.385 e. The van der Waals surface area contributed by atoms with Crippen LogP contribution in [-0.4, -0.2) is 78.5 Å². The molecule has 0 radical (unpaired) electrons. The summed E-state index contributed by atoms with van der Waals surface area (Å²) in [5, 5.41) is 8.74. The van der Waals surface area contributed by atoms with Gasteiger partial charge in [0.1, 0.15) is 34.7 Å². The van der Waals surface area contributed by atoms with Gasteiger partial charge in [0.2, 0.25) is 11.8 Å². The number of hydrogen-bond donors (Lipinski definition) is 4. The molecule has 2 atom stereocenters. The van der Waals surface area contributed by atoms with Crippen LogP contribution in [0.5, 0.6) is 0 Å². The number of aromatic nitrogens is 4. The minimum Gasteiger partial charge on any atom is -0.385 e. The number of imidazole rings is 1. The number of likely N-dealkylation sites (tertiary alicyclic amines) is 1. The Morgan fingerprint density at radius 1 is 0.833 bits per heavy atom. The number of fused-ring (bicyclic) bond motifs is 2. The summed E-state index contributed by atoms with van der Waals surface area (Å²) in [5.74, 6) is 0.888. The number of piperidine rings is 1. The SMILES string of the molecule is Nc1nccn2c([C@@H]3CCCN3CCCCCCCCCCCNc3cccc4c3CN(C3CCC(=O)NC3=O)C4=O)nc(-c3ccc(C(=O)Nc4ccccn4)cc3)c12. The summed E-state index contributed by atoms with van der Waals surface area (Å²) in [6.45, 7) is 3.31. The third-order valence-corrected chi connectivity index (χ3v) is 12.1. The molecule has 60 heavy (non-hydrogen) atoms. The van der Waals surface area contributed by atoms with Crippen LogP contribution in [0.2, 0.25) is 0 Å². The summed E-state index contributed by atoms with van der Waals surface area (Å²) in [5.41, 5.74) is 12.0. The number of amides is 4. The average Bonchev–Trinajstić information content (AvgIpc) is 3.98. The van der Waals surface area contributed by atoms with E-state index in [9.17, 15) is 19.2 Å². The van der Waals surface area contributed by atoms with Crippen LogP contribution in [0.3, 0.4) is 0 Å². The van der Waals surface area contributed by atoms with Crippen LogP contribution in [0, 0.1) is 0 Å². The Bertz CT molecular complexity index is 2330. The molecular weight excluding hydrogens is 757 g/mol. The number of nitrogens with two attached hydrogens (primary N) is 1. The van der Waals surface area contributed by atoms with Crippen molar-refractivity contribution in [2.75, 3.05) is 36.0 Å². The van der Waals surface area contributed by atoms with E-state index in [2.05, 4.69) is 35.2 Å². The maximum atomic E-state index is 13.1. The first kappa shape index (κ1) is 40.6. The summed E-state index contributed by atoms with van der Waals surface area (Å²) in [6.07, 6.45) is 18.9. The quantitative estimate of drug-likeness (QED) is 0.0525. The van der Waals surface area contributed by atoms with Crippen molar-refractivity contribution in [3.05, 3.63) is 102 Å². The number of nitrogens with one attached hydrogen (secondary N) is 3. The Balaban J connectivity index is 0.747. The highest BCUT2D eigenvalue weighted by Gasteiger charge is 2.40. The number of anilines is 3. The van der Waals surface area contributed by atoms with Crippen LogP contribution < -0.4 is 21.7 Å². The molecule has 6 heterocycles. The van der Waals surface area contributed by atoms with Gasteiger partial charge < -0.3 is 21.3 Å². The van der Waals surface area contributed by atoms with Gasteiger partial charge in [-0.3, -0.25) is 33.8 Å². The lowest BCUT2D eigenvalue weighted by Gasteiger charge is -2.29. The Kier molecular flexibility index (Phi) is 12.8. The number of pyridine rings is 1. The fraction of sp³-hybridized carbons (Fsp3) is 0.413. The van der Waals surface area contributed by atoms with E-state index >= 15 is 0 Å². The number of nitrogen functional groups attached to an aromatic ring is 1. The first-order valence-electron chi connectivity index (χ1n) is 21.6. The third kappa shape index (κ3) is 9.03. The predicted molar refractivity (Wildman–Crippen MR) is 231 cm³/mol. The molecule has 2 aromatic carbocycles. The van der Waals surface area contributed by atoms with Gasteiger partial charge in [-0.05, 0) is 81.6 Å². The number of imide groups is 1. The van der Waals surface area contributed by atoms with E-state index in [1.165, 1.54) is 38.5 Å². The lowest BCUT2D eigenvalue weighted by atomic mass is 10.0. The molecule has 0 saturated carbocycles. The molecule has 3 aliphatic rings. The normalized spacial score (nSPS) is 17.9. The fourth-order valence-electron chi connectivity index (χ4n) is 8.97. The lowest BCUT2D eigenvalue weighted by Crippen LogP contribution is -2.52. The Labute approximate surface area is 350 Å². The molecule has 3 aliphatic heterocycles. The van der Waals surface area contributed by atoms with Gasteiger partial charge in [0.25, 0.3) is 11.8 Å². The van der Waals surface area contributed by atoms with E-state index in [-0.39, 0.29) is 36.1 Å². The number of rotatable bonds is 18. The molecule has 2 fully saturated rings. The Morgan fingerprint density at radius 2 is 1.62 bits per heavy atom. The molecule has 8 rings (SSSR count). The first-order valence-corrected chi connectivity index (χ1v) is 21.6. The van der Waals surface area contributed by atoms with Gasteiger partial charge in [-0.25, -0.2) is 15.0 Å². The minimum absolute atomic E-state index is 0.142. The van der Waals surface area contributed by atoms with Crippen molar-refractivity contribution in [2.45, 2.75) is 102 Å². The highest BCUT2D eigenvalue weighted by atomic mass is 16.2. The highest BCUT2D eigenvalue weighted by Crippen LogP contribution is 2.37. The fourth-order valence-corrected chi connectivity index (χ4v) is 8.97. The number of carbonyl (C=O) groups excluding carboxylic acids is 4. The number of carbonyl (C=O) groups is 4. The first-order chi connectivity index (χ1) is 29.4. The van der Waals surface area contributed by atoms with E-state index in [1.807, 2.05) is 42.6 Å². The molecular formula is C46H54N10O4. The van der Waals surface area contributed by atoms with Crippen molar-refractivity contribution in [1.82, 2.24) is 34.5 Å². The molecule has 3 aromatic heterocycles. The summed E-state index contributed by atoms with van der Waals surface area (Å²) in [7, 11) is 0. The Hall–Kier alpha value is -6.15. The van der Waals surface area contributed by atoms with Crippen LogP contribution in [0.25, 0.3) is 16.8 Å². The smallest absolute Gasteiger partial charge is 0.256 e. The molecule has 1 unspecified atom stereocenters. The van der Waals surface area contributed by atoms with E-state index in [0.717, 1.165) is 85.6 Å². The number of nitrogens with zero attached hydrogens (tertiary/aromatic N) is 6. The van der Waals surface area contributed by atoms with E-state index in [1.54, 1.807) is 41.6 Å². The van der Waals surface area contributed by atoms with Crippen LogP contribution in [0.1, 0.15) is 122 Å². The molecule has 0 bridgehead atoms. The van der Waals surface area contributed by atoms with Crippen LogP contribution in [0.4, 0.5) is 17.3 Å². The number of unbranched alkanes of at least 4 members (excludes halogenated alkanes) is 8. The zero-order chi connectivity index (χ0) is 41.4. The zero-order valence-electron chi connectivity index (χ0n) is 34.1. The molecule has 2 saturated heterocycles. The van der Waals surface area contributed by atoms with Gasteiger partial charge in [0.05, 0.1) is 6.04 Å². The van der Waals surface area contributed by atoms with Gasteiger partial charge >= 0.3 is 0 Å². The van der Waals surface area contributed by atoms with Gasteiger partial charge in [-0.2, -0.15) is 0 Å². The van der Waals surface area contributed by atoms with E-state index in [4.69, 9.17) is 10.7 Å². The minimum atomic E-state index is -0.602. The topological polar surface area (TPSA) is 180 Å². The highest BCUT2D eigenvalue weighted by molar-refractivity contribution is 6.06. The number of benzene rings is 2. The molecule has 14 nitrogen and oxygen atoms in total. The second-order valence-corrected chi connectivity index (χ2v) is 16.1. The van der Waals surface area contributed by atoms with Gasteiger partial charge in [-0.15, -0.1) is 0 Å². The summed E-state index contributed by atoms with van der Waals surface area (Å²) >= 11 is 0. The van der Waals surface area contributed by atoms with E-state index < -0.39 is 6.04 Å². The summed E-state index contributed by atoms with van der Waals surface area (Å²) in [6, 6.07) is 18.1. The lowest BCUT2D eigenvalue weighted by molar-refractivity contribution is -0.136. The van der Waals surface area contributed by atoms with Crippen molar-refractivity contribution in [1.29, 1.82) is 0 Å². The molecule has 5 aromatic rings. The van der Waals surface area contributed by atoms with Gasteiger partial charge in [-0.1, -0.05) is 69.2 Å². The third-order valence-electron chi connectivity index (χ3n) is 12.1. The van der Waals surface area contributed by atoms with Crippen LogP contribution in [-0.2, 0) is 16.1 Å². The second-order valence-electron chi connectivity index (χ2n) is 16.1. The van der Waals surface area contributed by atoms with Crippen molar-refractivity contribution in [3.8, 4) is 11.3 Å². The van der Waals surface area contributed by atoms with Crippen molar-refractivity contribution < 1.29 is 19.2 Å². The zero-order valence-corrected chi connectivity index (χ0v) is 34.1. The maximum absolute atomic E-state index is 13.1. The summed E-state index contributed by atoms with van der Waals surface area (Å²) in [4.78, 5) is 68.0. The summed E-state index contributed by atoms with van der Waals surface area (Å²) < 4.78 is 2.10. The average molecular weight is 811 g/mol. The van der Waals surface area contributed by atoms with Crippen molar-refractivity contribution >= 4 is 46.5 Å². The predicted octanol–water partition coefficient (Wildman–Crippen LogP) is 7.15. The molecule has 0 spiro atoms. The molecule has 14 heteroatoms.